The lowest BCUT2D eigenvalue weighted by Gasteiger charge is -2.22. The monoisotopic (exact) mass is 502 g/mol. The van der Waals surface area contributed by atoms with Crippen molar-refractivity contribution < 1.29 is 14.1 Å². The zero-order chi connectivity index (χ0) is 23.4. The van der Waals surface area contributed by atoms with Gasteiger partial charge in [-0.2, -0.15) is 0 Å². The van der Waals surface area contributed by atoms with Crippen molar-refractivity contribution in [1.29, 1.82) is 0 Å². The van der Waals surface area contributed by atoms with E-state index in [1.807, 2.05) is 24.3 Å². The summed E-state index contributed by atoms with van der Waals surface area (Å²) < 4.78 is 20.5. The Hall–Kier alpha value is -2.54. The van der Waals surface area contributed by atoms with Crippen molar-refractivity contribution >= 4 is 34.2 Å². The molecule has 2 aromatic carbocycles. The molecule has 0 spiro atoms. The molecule has 172 valence electrons. The third-order valence-electron chi connectivity index (χ3n) is 5.58. The molecule has 0 bridgehead atoms. The molecule has 4 rings (SSSR count). The van der Waals surface area contributed by atoms with E-state index in [9.17, 15) is 9.32 Å². The van der Waals surface area contributed by atoms with Crippen molar-refractivity contribution in [3.8, 4) is 22.6 Å². The van der Waals surface area contributed by atoms with Crippen LogP contribution in [0.1, 0.15) is 30.4 Å². The lowest BCUT2D eigenvalue weighted by Crippen LogP contribution is -2.24. The topological polar surface area (TPSA) is 71.5 Å². The second-order valence-electron chi connectivity index (χ2n) is 7.91. The maximum Gasteiger partial charge on any atom is 0.129 e. The van der Waals surface area contributed by atoms with E-state index in [-0.39, 0.29) is 12.4 Å². The SMILES string of the molecule is CS(=O)NC(COc1cc(Cl)c(Cc2ccc(O)c(-c3ccncc3)c2)c(Cl)c1)=C1CCC1. The molecule has 1 aliphatic carbocycles. The zero-order valence-electron chi connectivity index (χ0n) is 18.1. The highest BCUT2D eigenvalue weighted by molar-refractivity contribution is 7.82. The van der Waals surface area contributed by atoms with Crippen LogP contribution in [0.25, 0.3) is 11.1 Å². The molecule has 1 saturated carbocycles. The summed E-state index contributed by atoms with van der Waals surface area (Å²) in [6, 6.07) is 12.6. The van der Waals surface area contributed by atoms with Crippen LogP contribution >= 0.6 is 23.2 Å². The summed E-state index contributed by atoms with van der Waals surface area (Å²) in [5, 5.41) is 11.3. The largest absolute Gasteiger partial charge is 0.507 e. The first kappa shape index (κ1) is 23.6. The number of nitrogens with one attached hydrogen (secondary N) is 1. The zero-order valence-corrected chi connectivity index (χ0v) is 20.4. The van der Waals surface area contributed by atoms with Gasteiger partial charge in [0.15, 0.2) is 0 Å². The van der Waals surface area contributed by atoms with E-state index in [2.05, 4.69) is 9.71 Å². The fourth-order valence-corrected chi connectivity index (χ4v) is 4.83. The third-order valence-corrected chi connectivity index (χ3v) is 6.79. The minimum atomic E-state index is -1.16. The van der Waals surface area contributed by atoms with Gasteiger partial charge >= 0.3 is 0 Å². The fourth-order valence-electron chi connectivity index (χ4n) is 3.68. The number of halogens is 2. The first-order chi connectivity index (χ1) is 15.9. The number of aromatic nitrogens is 1. The van der Waals surface area contributed by atoms with Gasteiger partial charge in [-0.05, 0) is 77.9 Å². The molecule has 5 nitrogen and oxygen atoms in total. The Bertz CT molecular complexity index is 1190. The normalized spacial score (nSPS) is 13.8. The molecule has 0 radical (unpaired) electrons. The number of aromatic hydroxyl groups is 1. The van der Waals surface area contributed by atoms with Crippen LogP contribution in [-0.4, -0.2) is 27.2 Å². The van der Waals surface area contributed by atoms with Gasteiger partial charge in [-0.15, -0.1) is 0 Å². The van der Waals surface area contributed by atoms with E-state index in [0.29, 0.717) is 22.2 Å². The molecule has 1 aliphatic rings. The van der Waals surface area contributed by atoms with Gasteiger partial charge in [0.25, 0.3) is 0 Å². The number of phenolic OH excluding ortho intramolecular Hbond substituents is 1. The number of hydrogen-bond acceptors (Lipinski definition) is 4. The molecule has 1 atom stereocenters. The van der Waals surface area contributed by atoms with Gasteiger partial charge in [0.05, 0.1) is 5.70 Å². The number of pyridine rings is 1. The summed E-state index contributed by atoms with van der Waals surface area (Å²) in [5.41, 5.74) is 5.45. The summed E-state index contributed by atoms with van der Waals surface area (Å²) in [6.45, 7) is 0.286. The summed E-state index contributed by atoms with van der Waals surface area (Å²) in [5.74, 6) is 0.752. The van der Waals surface area contributed by atoms with Crippen LogP contribution in [0.3, 0.4) is 0 Å². The maximum atomic E-state index is 11.6. The van der Waals surface area contributed by atoms with Crippen LogP contribution in [0.15, 0.2) is 66.1 Å². The van der Waals surface area contributed by atoms with Crippen LogP contribution < -0.4 is 9.46 Å². The Morgan fingerprint density at radius 3 is 2.42 bits per heavy atom. The van der Waals surface area contributed by atoms with Crippen molar-refractivity contribution in [3.63, 3.8) is 0 Å². The first-order valence-corrected chi connectivity index (χ1v) is 12.9. The average Bonchev–Trinajstić information content (AvgIpc) is 2.74. The van der Waals surface area contributed by atoms with Crippen LogP contribution in [0.5, 0.6) is 11.5 Å². The van der Waals surface area contributed by atoms with Crippen LogP contribution in [0.2, 0.25) is 10.0 Å². The molecule has 2 N–H and O–H groups in total. The lowest BCUT2D eigenvalue weighted by molar-refractivity contribution is 0.343. The highest BCUT2D eigenvalue weighted by atomic mass is 35.5. The lowest BCUT2D eigenvalue weighted by atomic mass is 9.91. The summed E-state index contributed by atoms with van der Waals surface area (Å²) >= 11 is 13.1. The maximum absolute atomic E-state index is 11.6. The number of nitrogens with zero attached hydrogens (tertiary/aromatic N) is 1. The van der Waals surface area contributed by atoms with Gasteiger partial charge in [0, 0.05) is 40.7 Å². The summed E-state index contributed by atoms with van der Waals surface area (Å²) in [7, 11) is -1.16. The molecule has 1 fully saturated rings. The van der Waals surface area contributed by atoms with Gasteiger partial charge in [-0.1, -0.05) is 29.3 Å². The quantitative estimate of drug-likeness (QED) is 0.393. The van der Waals surface area contributed by atoms with Crippen molar-refractivity contribution in [2.45, 2.75) is 25.7 Å². The molecule has 0 aliphatic heterocycles. The Labute approximate surface area is 206 Å². The van der Waals surface area contributed by atoms with Crippen LogP contribution in [-0.2, 0) is 17.4 Å². The van der Waals surface area contributed by atoms with Gasteiger partial charge in [-0.3, -0.25) is 4.98 Å². The number of rotatable bonds is 8. The van der Waals surface area contributed by atoms with E-state index >= 15 is 0 Å². The molecule has 1 unspecified atom stereocenters. The number of phenols is 1. The van der Waals surface area contributed by atoms with E-state index < -0.39 is 11.0 Å². The van der Waals surface area contributed by atoms with Crippen molar-refractivity contribution in [2.75, 3.05) is 12.9 Å². The second kappa shape index (κ2) is 10.6. The van der Waals surface area contributed by atoms with Crippen LogP contribution in [0, 0.1) is 0 Å². The smallest absolute Gasteiger partial charge is 0.129 e. The summed E-state index contributed by atoms with van der Waals surface area (Å²) in [6.07, 6.45) is 8.62. The van der Waals surface area contributed by atoms with E-state index in [1.54, 1.807) is 36.8 Å². The number of benzene rings is 2. The van der Waals surface area contributed by atoms with Crippen molar-refractivity contribution in [1.82, 2.24) is 9.71 Å². The predicted molar refractivity (Wildman–Crippen MR) is 134 cm³/mol. The summed E-state index contributed by atoms with van der Waals surface area (Å²) in [4.78, 5) is 4.03. The Morgan fingerprint density at radius 2 is 1.82 bits per heavy atom. The molecule has 3 aromatic rings. The molecule has 1 aromatic heterocycles. The minimum Gasteiger partial charge on any atom is -0.507 e. The van der Waals surface area contributed by atoms with Gasteiger partial charge in [0.2, 0.25) is 0 Å². The van der Waals surface area contributed by atoms with Crippen LogP contribution in [0.4, 0.5) is 0 Å². The van der Waals surface area contributed by atoms with Gasteiger partial charge in [-0.25, -0.2) is 4.21 Å². The average molecular weight is 503 g/mol. The third kappa shape index (κ3) is 5.88. The molecule has 0 amide bonds. The Morgan fingerprint density at radius 1 is 1.12 bits per heavy atom. The standard InChI is InChI=1S/C25H24Cl2N2O3S/c1-33(31)29-24(18-3-2-4-18)15-32-19-13-22(26)21(23(27)14-19)12-16-5-6-25(30)20(11-16)17-7-9-28-10-8-17/h5-11,13-14,29-30H,2-4,12,15H2,1H3. The van der Waals surface area contributed by atoms with Gasteiger partial charge < -0.3 is 14.6 Å². The fraction of sp³-hybridized carbons (Fsp3) is 0.240. The number of ether oxygens (including phenoxy) is 1. The van der Waals surface area contributed by atoms with E-state index in [1.165, 1.54) is 5.57 Å². The van der Waals surface area contributed by atoms with E-state index in [0.717, 1.165) is 47.2 Å². The van der Waals surface area contributed by atoms with Crippen molar-refractivity contribution in [2.24, 2.45) is 0 Å². The molecule has 8 heteroatoms. The Balaban J connectivity index is 1.52. The molecule has 33 heavy (non-hydrogen) atoms. The van der Waals surface area contributed by atoms with Gasteiger partial charge in [0.1, 0.15) is 29.1 Å². The highest BCUT2D eigenvalue weighted by Crippen LogP contribution is 2.35. The first-order valence-electron chi connectivity index (χ1n) is 10.5. The number of allylic oxidation sites excluding steroid dienone is 1. The van der Waals surface area contributed by atoms with Crippen molar-refractivity contribution in [3.05, 3.63) is 87.3 Å². The highest BCUT2D eigenvalue weighted by Gasteiger charge is 2.17. The molecular weight excluding hydrogens is 479 g/mol. The Kier molecular flexibility index (Phi) is 7.58. The molecule has 1 heterocycles. The predicted octanol–water partition coefficient (Wildman–Crippen LogP) is 6.05. The minimum absolute atomic E-state index is 0.198. The molecular formula is C25H24Cl2N2O3S. The second-order valence-corrected chi connectivity index (χ2v) is 9.84. The van der Waals surface area contributed by atoms with E-state index in [4.69, 9.17) is 27.9 Å². The number of hydrogen-bond donors (Lipinski definition) is 2. The molecule has 0 saturated heterocycles.